The quantitative estimate of drug-likeness (QED) is 0.225. The van der Waals surface area contributed by atoms with Gasteiger partial charge in [-0.2, -0.15) is 0 Å². The van der Waals surface area contributed by atoms with Crippen LogP contribution in [0.4, 0.5) is 0 Å². The van der Waals surface area contributed by atoms with Crippen molar-refractivity contribution < 1.29 is 11.3 Å². The Morgan fingerprint density at radius 2 is 1.15 bits per heavy atom. The number of hydrogen-bond acceptors (Lipinski definition) is 4. The smallest absolute Gasteiger partial charge is 0.167 e. The molecule has 4 nitrogen and oxygen atoms in total. The van der Waals surface area contributed by atoms with Gasteiger partial charge in [0.1, 0.15) is 11.2 Å². The molecule has 0 N–H and O–H groups in total. The molecule has 0 spiro atoms. The number of furan rings is 1. The molecule has 182 valence electrons. The molecular formula is C35H21N3O. The Balaban J connectivity index is 1.49. The minimum Gasteiger partial charge on any atom is -0.455 e. The molecule has 2 heterocycles. The van der Waals surface area contributed by atoms with Crippen molar-refractivity contribution in [2.75, 3.05) is 0 Å². The van der Waals surface area contributed by atoms with Gasteiger partial charge in [0, 0.05) is 27.3 Å². The fourth-order valence-corrected chi connectivity index (χ4v) is 5.26. The fraction of sp³-hybridized carbons (Fsp3) is 0. The summed E-state index contributed by atoms with van der Waals surface area (Å²) in [5.74, 6) is 0.554. The molecule has 8 aromatic rings. The van der Waals surface area contributed by atoms with Crippen molar-refractivity contribution in [3.8, 4) is 34.2 Å². The molecule has 0 amide bonds. The van der Waals surface area contributed by atoms with Crippen LogP contribution in [0.2, 0.25) is 0 Å². The number of hydrogen-bond donors (Lipinski definition) is 0. The molecule has 0 fully saturated rings. The molecule has 6 aromatic carbocycles. The van der Waals surface area contributed by atoms with E-state index in [0.717, 1.165) is 43.5 Å². The second-order valence-corrected chi connectivity index (χ2v) is 9.28. The normalized spacial score (nSPS) is 13.4. The molecule has 0 aliphatic rings. The van der Waals surface area contributed by atoms with Crippen LogP contribution in [-0.4, -0.2) is 15.0 Å². The molecule has 2 aromatic heterocycles. The van der Waals surface area contributed by atoms with Crippen LogP contribution in [0.1, 0.15) is 6.85 Å². The van der Waals surface area contributed by atoms with Gasteiger partial charge in [0.25, 0.3) is 0 Å². The van der Waals surface area contributed by atoms with Gasteiger partial charge in [-0.1, -0.05) is 115 Å². The van der Waals surface area contributed by atoms with Crippen molar-refractivity contribution in [2.24, 2.45) is 0 Å². The van der Waals surface area contributed by atoms with E-state index in [9.17, 15) is 0 Å². The molecule has 0 unspecified atom stereocenters. The van der Waals surface area contributed by atoms with Crippen LogP contribution in [0, 0.1) is 0 Å². The summed E-state index contributed by atoms with van der Waals surface area (Å²) in [7, 11) is 0. The first kappa shape index (κ1) is 17.2. The van der Waals surface area contributed by atoms with Crippen LogP contribution in [0.15, 0.2) is 132 Å². The van der Waals surface area contributed by atoms with Gasteiger partial charge in [-0.15, -0.1) is 0 Å². The van der Waals surface area contributed by atoms with Gasteiger partial charge in [-0.25, -0.2) is 15.0 Å². The molecule has 4 heteroatoms. The highest BCUT2D eigenvalue weighted by atomic mass is 16.3. The van der Waals surface area contributed by atoms with Gasteiger partial charge >= 0.3 is 0 Å². The number of benzene rings is 6. The molecule has 0 aliphatic heterocycles. The molecule has 39 heavy (non-hydrogen) atoms. The second-order valence-electron chi connectivity index (χ2n) is 9.28. The first-order valence-electron chi connectivity index (χ1n) is 15.1. The zero-order valence-corrected chi connectivity index (χ0v) is 20.5. The first-order chi connectivity index (χ1) is 21.4. The van der Waals surface area contributed by atoms with Gasteiger partial charge in [0.05, 0.1) is 12.4 Å². The number of nitrogens with zero attached hydrogens (tertiary/aromatic N) is 3. The highest BCUT2D eigenvalue weighted by Gasteiger charge is 2.18. The summed E-state index contributed by atoms with van der Waals surface area (Å²) in [6.45, 7) is 0. The standard InChI is InChI=1S/C35H21N3O/c1-2-11-24(12-3-1)33-36-34(28-17-8-13-23-21-20-22-10-4-5-14-25(22)31(23)28)38-35(37-33)29-18-9-16-27-26-15-6-7-19-30(26)39-32(27)29/h1-21H/i1D,2D,3D,11D,12D. The highest BCUT2D eigenvalue weighted by Crippen LogP contribution is 2.37. The topological polar surface area (TPSA) is 51.8 Å². The summed E-state index contributed by atoms with van der Waals surface area (Å²) in [6.07, 6.45) is 0. The van der Waals surface area contributed by atoms with E-state index in [1.807, 2.05) is 78.9 Å². The Morgan fingerprint density at radius 1 is 0.513 bits per heavy atom. The molecule has 8 rings (SSSR count). The van der Waals surface area contributed by atoms with E-state index in [4.69, 9.17) is 26.2 Å². The Bertz CT molecular complexity index is 2440. The van der Waals surface area contributed by atoms with Gasteiger partial charge in [-0.3, -0.25) is 0 Å². The zero-order valence-electron chi connectivity index (χ0n) is 25.5. The van der Waals surface area contributed by atoms with Crippen molar-refractivity contribution in [2.45, 2.75) is 0 Å². The van der Waals surface area contributed by atoms with E-state index in [0.29, 0.717) is 17.0 Å². The lowest BCUT2D eigenvalue weighted by molar-refractivity contribution is 0.669. The van der Waals surface area contributed by atoms with Crippen molar-refractivity contribution in [1.29, 1.82) is 0 Å². The van der Waals surface area contributed by atoms with Crippen LogP contribution < -0.4 is 0 Å². The molecule has 0 atom stereocenters. The summed E-state index contributed by atoms with van der Waals surface area (Å²) >= 11 is 0. The van der Waals surface area contributed by atoms with Crippen LogP contribution in [0.3, 0.4) is 0 Å². The van der Waals surface area contributed by atoms with E-state index in [1.165, 1.54) is 0 Å². The maximum absolute atomic E-state index is 8.67. The van der Waals surface area contributed by atoms with Gasteiger partial charge in [0.15, 0.2) is 17.5 Å². The van der Waals surface area contributed by atoms with Crippen LogP contribution in [0.5, 0.6) is 0 Å². The lowest BCUT2D eigenvalue weighted by atomic mass is 9.97. The SMILES string of the molecule is [2H]c1c([2H])c([2H])c(-c2nc(-c3cccc4c3oc3ccccc34)nc(-c3cccc4ccc5ccccc5c34)n2)c([2H])c1[2H]. The molecule has 0 saturated heterocycles. The summed E-state index contributed by atoms with van der Waals surface area (Å²) in [5.41, 5.74) is 2.54. The first-order valence-corrected chi connectivity index (χ1v) is 12.6. The van der Waals surface area contributed by atoms with Crippen molar-refractivity contribution in [3.05, 3.63) is 127 Å². The molecule has 0 bridgehead atoms. The molecule has 0 saturated carbocycles. The summed E-state index contributed by atoms with van der Waals surface area (Å²) in [6, 6.07) is 29.4. The van der Waals surface area contributed by atoms with E-state index < -0.39 is 18.1 Å². The van der Waals surface area contributed by atoms with E-state index in [1.54, 1.807) is 0 Å². The fourth-order valence-electron chi connectivity index (χ4n) is 5.26. The van der Waals surface area contributed by atoms with E-state index in [2.05, 4.69) is 18.2 Å². The third-order valence-electron chi connectivity index (χ3n) is 7.01. The van der Waals surface area contributed by atoms with Crippen molar-refractivity contribution in [3.63, 3.8) is 0 Å². The van der Waals surface area contributed by atoms with Crippen molar-refractivity contribution in [1.82, 2.24) is 15.0 Å². The van der Waals surface area contributed by atoms with Gasteiger partial charge < -0.3 is 4.42 Å². The average Bonchev–Trinajstić information content (AvgIpc) is 3.45. The Labute approximate surface area is 231 Å². The van der Waals surface area contributed by atoms with E-state index in [-0.39, 0.29) is 29.3 Å². The van der Waals surface area contributed by atoms with Crippen molar-refractivity contribution >= 4 is 43.5 Å². The maximum atomic E-state index is 8.67. The highest BCUT2D eigenvalue weighted by molar-refractivity contribution is 6.14. The predicted molar refractivity (Wildman–Crippen MR) is 158 cm³/mol. The van der Waals surface area contributed by atoms with Crippen LogP contribution >= 0.6 is 0 Å². The maximum Gasteiger partial charge on any atom is 0.167 e. The minimum atomic E-state index is -0.481. The second kappa shape index (κ2) is 8.61. The Morgan fingerprint density at radius 3 is 2.05 bits per heavy atom. The monoisotopic (exact) mass is 504 g/mol. The van der Waals surface area contributed by atoms with Crippen LogP contribution in [-0.2, 0) is 0 Å². The third-order valence-corrected chi connectivity index (χ3v) is 7.01. The number of para-hydroxylation sites is 2. The summed E-state index contributed by atoms with van der Waals surface area (Å²) in [5, 5.41) is 5.85. The zero-order chi connectivity index (χ0) is 30.1. The largest absolute Gasteiger partial charge is 0.455 e. The lowest BCUT2D eigenvalue weighted by Crippen LogP contribution is -2.01. The summed E-state index contributed by atoms with van der Waals surface area (Å²) < 4.78 is 48.3. The predicted octanol–water partition coefficient (Wildman–Crippen LogP) is 9.08. The molecule has 0 aliphatic carbocycles. The molecular weight excluding hydrogens is 478 g/mol. The van der Waals surface area contributed by atoms with E-state index >= 15 is 0 Å². The number of rotatable bonds is 3. The molecule has 0 radical (unpaired) electrons. The average molecular weight is 505 g/mol. The number of aromatic nitrogens is 3. The van der Waals surface area contributed by atoms with Gasteiger partial charge in [-0.05, 0) is 28.3 Å². The Hall–Kier alpha value is -5.35. The van der Waals surface area contributed by atoms with Gasteiger partial charge in [0.2, 0.25) is 0 Å². The lowest BCUT2D eigenvalue weighted by Gasteiger charge is -2.12. The third kappa shape index (κ3) is 3.50. The number of fused-ring (bicyclic) bond motifs is 6. The minimum absolute atomic E-state index is 0.0210. The van der Waals surface area contributed by atoms with Crippen LogP contribution in [0.25, 0.3) is 77.6 Å². The Kier molecular flexibility index (Phi) is 3.80. The summed E-state index contributed by atoms with van der Waals surface area (Å²) in [4.78, 5) is 14.5.